The van der Waals surface area contributed by atoms with E-state index < -0.39 is 30.6 Å². The molecule has 1 aromatic rings. The summed E-state index contributed by atoms with van der Waals surface area (Å²) < 4.78 is 75.9. The van der Waals surface area contributed by atoms with Gasteiger partial charge in [-0.1, -0.05) is 0 Å². The maximum Gasteiger partial charge on any atom is 0.433 e. The Morgan fingerprint density at radius 1 is 1.21 bits per heavy atom. The number of rotatable bonds is 2. The van der Waals surface area contributed by atoms with Crippen molar-refractivity contribution in [3.05, 3.63) is 23.4 Å². The normalized spacial score (nSPS) is 20.1. The summed E-state index contributed by atoms with van der Waals surface area (Å²) in [4.78, 5) is 6.14. The van der Waals surface area contributed by atoms with Crippen molar-refractivity contribution in [2.45, 2.75) is 25.3 Å². The number of anilines is 1. The first kappa shape index (κ1) is 18.3. The van der Waals surface area contributed by atoms with Crippen molar-refractivity contribution in [3.63, 3.8) is 0 Å². The molecule has 0 amide bonds. The largest absolute Gasteiger partial charge is 0.433 e. The highest BCUT2D eigenvalue weighted by Gasteiger charge is 2.37. The molecule has 1 unspecified atom stereocenters. The lowest BCUT2D eigenvalue weighted by Crippen LogP contribution is -2.54. The summed E-state index contributed by atoms with van der Waals surface area (Å²) in [5.41, 5.74) is -1.18. The Morgan fingerprint density at radius 2 is 1.88 bits per heavy atom. The van der Waals surface area contributed by atoms with E-state index in [1.165, 1.54) is 9.80 Å². The average Bonchev–Trinajstić information content (AvgIpc) is 2.46. The van der Waals surface area contributed by atoms with Gasteiger partial charge in [0, 0.05) is 25.7 Å². The van der Waals surface area contributed by atoms with Gasteiger partial charge in [-0.2, -0.15) is 31.6 Å². The van der Waals surface area contributed by atoms with Crippen molar-refractivity contribution in [1.29, 1.82) is 5.26 Å². The number of hydrogen-bond acceptors (Lipinski definition) is 4. The van der Waals surface area contributed by atoms with Crippen LogP contribution in [0.3, 0.4) is 0 Å². The zero-order valence-corrected chi connectivity index (χ0v) is 12.6. The lowest BCUT2D eigenvalue weighted by atomic mass is 10.1. The molecule has 0 spiro atoms. The van der Waals surface area contributed by atoms with Crippen LogP contribution in [0.4, 0.5) is 32.2 Å². The minimum atomic E-state index is -4.66. The summed E-state index contributed by atoms with van der Waals surface area (Å²) in [6.07, 6.45) is -9.00. The van der Waals surface area contributed by atoms with Gasteiger partial charge in [0.1, 0.15) is 17.6 Å². The molecule has 0 bridgehead atoms. The molecule has 0 aliphatic carbocycles. The molecule has 1 aliphatic rings. The van der Waals surface area contributed by atoms with Gasteiger partial charge in [0.2, 0.25) is 0 Å². The Hall–Kier alpha value is -2.02. The number of halogens is 6. The van der Waals surface area contributed by atoms with Gasteiger partial charge in [-0.25, -0.2) is 4.98 Å². The van der Waals surface area contributed by atoms with Crippen LogP contribution in [0, 0.1) is 11.3 Å². The number of alkyl halides is 6. The van der Waals surface area contributed by atoms with Crippen LogP contribution in [0.5, 0.6) is 0 Å². The standard InChI is InChI=1S/C14H14F6N4/c1-9-7-23(4-5-24(9)8-13(15,16)17)12-10(6-21)2-3-11(22-12)14(18,19)20/h2-3,9H,4-5,7-8H2,1H3. The highest BCUT2D eigenvalue weighted by Crippen LogP contribution is 2.31. The number of nitriles is 1. The van der Waals surface area contributed by atoms with Crippen LogP contribution in [0.1, 0.15) is 18.2 Å². The van der Waals surface area contributed by atoms with Crippen molar-refractivity contribution in [2.75, 3.05) is 31.1 Å². The third-order valence-corrected chi connectivity index (χ3v) is 3.73. The van der Waals surface area contributed by atoms with Crippen molar-refractivity contribution < 1.29 is 26.3 Å². The SMILES string of the molecule is CC1CN(c2nc(C(F)(F)F)ccc2C#N)CCN1CC(F)(F)F. The zero-order valence-electron chi connectivity index (χ0n) is 12.6. The number of aromatic nitrogens is 1. The van der Waals surface area contributed by atoms with Crippen LogP contribution in [0.15, 0.2) is 12.1 Å². The topological polar surface area (TPSA) is 43.2 Å². The minimum absolute atomic E-state index is 0.0173. The predicted molar refractivity (Wildman–Crippen MR) is 73.3 cm³/mol. The fourth-order valence-corrected chi connectivity index (χ4v) is 2.59. The second-order valence-corrected chi connectivity index (χ2v) is 5.56. The number of nitrogens with zero attached hydrogens (tertiary/aromatic N) is 4. The Kier molecular flexibility index (Phi) is 4.94. The molecule has 2 rings (SSSR count). The van der Waals surface area contributed by atoms with Crippen molar-refractivity contribution in [2.24, 2.45) is 0 Å². The Balaban J connectivity index is 2.23. The summed E-state index contributed by atoms with van der Waals surface area (Å²) in [7, 11) is 0. The smallest absolute Gasteiger partial charge is 0.353 e. The number of hydrogen-bond donors (Lipinski definition) is 0. The molecule has 1 aliphatic heterocycles. The minimum Gasteiger partial charge on any atom is -0.353 e. The highest BCUT2D eigenvalue weighted by molar-refractivity contribution is 5.55. The van der Waals surface area contributed by atoms with Gasteiger partial charge >= 0.3 is 12.4 Å². The van der Waals surface area contributed by atoms with E-state index in [0.717, 1.165) is 6.07 Å². The van der Waals surface area contributed by atoms with E-state index in [-0.39, 0.29) is 31.0 Å². The second-order valence-electron chi connectivity index (χ2n) is 5.56. The van der Waals surface area contributed by atoms with E-state index in [1.54, 1.807) is 13.0 Å². The van der Waals surface area contributed by atoms with Gasteiger partial charge in [0.25, 0.3) is 0 Å². The quantitative estimate of drug-likeness (QED) is 0.768. The molecule has 10 heteroatoms. The van der Waals surface area contributed by atoms with Gasteiger partial charge < -0.3 is 4.90 Å². The molecule has 2 heterocycles. The van der Waals surface area contributed by atoms with Crippen LogP contribution >= 0.6 is 0 Å². The molecule has 0 N–H and O–H groups in total. The summed E-state index contributed by atoms with van der Waals surface area (Å²) in [6.45, 7) is 0.604. The monoisotopic (exact) mass is 352 g/mol. The summed E-state index contributed by atoms with van der Waals surface area (Å²) >= 11 is 0. The van der Waals surface area contributed by atoms with Crippen molar-refractivity contribution >= 4 is 5.82 Å². The first-order valence-electron chi connectivity index (χ1n) is 7.05. The van der Waals surface area contributed by atoms with Crippen LogP contribution in [-0.2, 0) is 6.18 Å². The van der Waals surface area contributed by atoms with Crippen LogP contribution in [0.25, 0.3) is 0 Å². The molecule has 1 fully saturated rings. The lowest BCUT2D eigenvalue weighted by Gasteiger charge is -2.40. The van der Waals surface area contributed by atoms with Crippen molar-refractivity contribution in [1.82, 2.24) is 9.88 Å². The summed E-state index contributed by atoms with van der Waals surface area (Å²) in [5.74, 6) is -0.147. The molecule has 4 nitrogen and oxygen atoms in total. The third kappa shape index (κ3) is 4.29. The number of piperazine rings is 1. The van der Waals surface area contributed by atoms with Gasteiger partial charge in [0.05, 0.1) is 12.1 Å². The molecule has 0 aromatic carbocycles. The van der Waals surface area contributed by atoms with E-state index in [9.17, 15) is 26.3 Å². The average molecular weight is 352 g/mol. The second kappa shape index (κ2) is 6.47. The highest BCUT2D eigenvalue weighted by atomic mass is 19.4. The fraction of sp³-hybridized carbons (Fsp3) is 0.571. The zero-order chi connectivity index (χ0) is 18.1. The number of pyridine rings is 1. The van der Waals surface area contributed by atoms with Crippen LogP contribution < -0.4 is 4.90 Å². The van der Waals surface area contributed by atoms with Gasteiger partial charge in [0.15, 0.2) is 0 Å². The third-order valence-electron chi connectivity index (χ3n) is 3.73. The van der Waals surface area contributed by atoms with Gasteiger partial charge in [-0.05, 0) is 19.1 Å². The summed E-state index contributed by atoms with van der Waals surface area (Å²) in [6, 6.07) is 2.97. The molecule has 1 atom stereocenters. The molecule has 1 saturated heterocycles. The van der Waals surface area contributed by atoms with Gasteiger partial charge in [-0.3, -0.25) is 4.90 Å². The Labute approximate surface area is 134 Å². The van der Waals surface area contributed by atoms with E-state index in [0.29, 0.717) is 6.07 Å². The molecule has 0 radical (unpaired) electrons. The molecule has 132 valence electrons. The lowest BCUT2D eigenvalue weighted by molar-refractivity contribution is -0.151. The molecule has 24 heavy (non-hydrogen) atoms. The first-order chi connectivity index (χ1) is 11.0. The van der Waals surface area contributed by atoms with E-state index in [1.807, 2.05) is 0 Å². The Bertz CT molecular complexity index is 634. The first-order valence-corrected chi connectivity index (χ1v) is 7.05. The maximum absolute atomic E-state index is 12.8. The molecular formula is C14H14F6N4. The summed E-state index contributed by atoms with van der Waals surface area (Å²) in [5, 5.41) is 9.06. The predicted octanol–water partition coefficient (Wildman–Crippen LogP) is 3.04. The molecule has 0 saturated carbocycles. The fourth-order valence-electron chi connectivity index (χ4n) is 2.59. The van der Waals surface area contributed by atoms with Crippen molar-refractivity contribution in [3.8, 4) is 6.07 Å². The van der Waals surface area contributed by atoms with E-state index in [4.69, 9.17) is 5.26 Å². The molecule has 1 aromatic heterocycles. The molecular weight excluding hydrogens is 338 g/mol. The van der Waals surface area contributed by atoms with E-state index >= 15 is 0 Å². The maximum atomic E-state index is 12.8. The van der Waals surface area contributed by atoms with Gasteiger partial charge in [-0.15, -0.1) is 0 Å². The Morgan fingerprint density at radius 3 is 2.38 bits per heavy atom. The van der Waals surface area contributed by atoms with Crippen LogP contribution in [0.2, 0.25) is 0 Å². The van der Waals surface area contributed by atoms with Crippen LogP contribution in [-0.4, -0.2) is 48.3 Å². The van der Waals surface area contributed by atoms with E-state index in [2.05, 4.69) is 4.98 Å².